The summed E-state index contributed by atoms with van der Waals surface area (Å²) in [5.41, 5.74) is 0. The summed E-state index contributed by atoms with van der Waals surface area (Å²) in [6.07, 6.45) is 1.22. The summed E-state index contributed by atoms with van der Waals surface area (Å²) >= 11 is 1.80. The normalized spacial score (nSPS) is 30.9. The molecular weight excluding hydrogens is 222 g/mol. The summed E-state index contributed by atoms with van der Waals surface area (Å²) in [7, 11) is 4.09. The minimum absolute atomic E-state index is 0.0501. The van der Waals surface area contributed by atoms with Gasteiger partial charge in [0, 0.05) is 31.8 Å². The van der Waals surface area contributed by atoms with Gasteiger partial charge in [-0.1, -0.05) is 0 Å². The van der Waals surface area contributed by atoms with Gasteiger partial charge >= 0.3 is 0 Å². The molecule has 2 atom stereocenters. The number of thioether (sulfide) groups is 1. The van der Waals surface area contributed by atoms with E-state index in [9.17, 15) is 4.79 Å². The van der Waals surface area contributed by atoms with Crippen LogP contribution in [0, 0.1) is 5.92 Å². The molecule has 92 valence electrons. The summed E-state index contributed by atoms with van der Waals surface area (Å²) in [6.45, 7) is 3.21. The SMILES string of the molecule is CN1CCC(CN(C)C(=O)C2CSCN2)C1. The third-order valence-electron chi connectivity index (χ3n) is 3.41. The van der Waals surface area contributed by atoms with Gasteiger partial charge in [0.2, 0.25) is 5.91 Å². The maximum Gasteiger partial charge on any atom is 0.240 e. The molecule has 2 unspecified atom stereocenters. The monoisotopic (exact) mass is 243 g/mol. The Morgan fingerprint density at radius 3 is 3.00 bits per heavy atom. The molecule has 1 N–H and O–H groups in total. The number of likely N-dealkylation sites (tertiary alicyclic amines) is 1. The molecule has 4 nitrogen and oxygen atoms in total. The predicted octanol–water partition coefficient (Wildman–Crippen LogP) is 0.0590. The highest BCUT2D eigenvalue weighted by Crippen LogP contribution is 2.17. The van der Waals surface area contributed by atoms with E-state index in [0.29, 0.717) is 5.92 Å². The summed E-state index contributed by atoms with van der Waals surface area (Å²) in [6, 6.07) is 0.0501. The van der Waals surface area contributed by atoms with Gasteiger partial charge in [0.1, 0.15) is 0 Å². The highest BCUT2D eigenvalue weighted by molar-refractivity contribution is 7.99. The molecule has 0 aromatic carbocycles. The number of carbonyl (C=O) groups is 1. The molecular formula is C11H21N3OS. The molecule has 0 aromatic heterocycles. The van der Waals surface area contributed by atoms with Crippen LogP contribution in [0.4, 0.5) is 0 Å². The number of hydrogen-bond donors (Lipinski definition) is 1. The lowest BCUT2D eigenvalue weighted by Crippen LogP contribution is -2.44. The van der Waals surface area contributed by atoms with Crippen molar-refractivity contribution in [2.45, 2.75) is 12.5 Å². The Morgan fingerprint density at radius 2 is 2.44 bits per heavy atom. The Kier molecular flexibility index (Phi) is 4.10. The zero-order valence-electron chi connectivity index (χ0n) is 10.1. The van der Waals surface area contributed by atoms with Crippen molar-refractivity contribution in [2.24, 2.45) is 5.92 Å². The molecule has 0 saturated carbocycles. The van der Waals surface area contributed by atoms with Crippen molar-refractivity contribution < 1.29 is 4.79 Å². The molecule has 0 radical (unpaired) electrons. The van der Waals surface area contributed by atoms with Gasteiger partial charge in [-0.3, -0.25) is 10.1 Å². The fourth-order valence-electron chi connectivity index (χ4n) is 2.47. The molecule has 2 saturated heterocycles. The van der Waals surface area contributed by atoms with E-state index >= 15 is 0 Å². The highest BCUT2D eigenvalue weighted by Gasteiger charge is 2.28. The quantitative estimate of drug-likeness (QED) is 0.760. The van der Waals surface area contributed by atoms with E-state index < -0.39 is 0 Å². The number of nitrogens with one attached hydrogen (secondary N) is 1. The van der Waals surface area contributed by atoms with Crippen LogP contribution in [-0.4, -0.2) is 67.1 Å². The van der Waals surface area contributed by atoms with Crippen LogP contribution in [-0.2, 0) is 4.79 Å². The smallest absolute Gasteiger partial charge is 0.240 e. The van der Waals surface area contributed by atoms with E-state index in [-0.39, 0.29) is 11.9 Å². The van der Waals surface area contributed by atoms with Crippen molar-refractivity contribution in [3.63, 3.8) is 0 Å². The van der Waals surface area contributed by atoms with Crippen molar-refractivity contribution >= 4 is 17.7 Å². The zero-order chi connectivity index (χ0) is 11.5. The summed E-state index contributed by atoms with van der Waals surface area (Å²) in [4.78, 5) is 16.3. The molecule has 2 fully saturated rings. The van der Waals surface area contributed by atoms with E-state index in [1.165, 1.54) is 13.0 Å². The fraction of sp³-hybridized carbons (Fsp3) is 0.909. The third-order valence-corrected chi connectivity index (χ3v) is 4.35. The number of carbonyl (C=O) groups excluding carboxylic acids is 1. The molecule has 0 aromatic rings. The van der Waals surface area contributed by atoms with E-state index in [2.05, 4.69) is 17.3 Å². The number of hydrogen-bond acceptors (Lipinski definition) is 4. The summed E-state index contributed by atoms with van der Waals surface area (Å²) in [5.74, 6) is 2.76. The van der Waals surface area contributed by atoms with E-state index in [1.54, 1.807) is 11.8 Å². The highest BCUT2D eigenvalue weighted by atomic mass is 32.2. The molecule has 16 heavy (non-hydrogen) atoms. The maximum atomic E-state index is 12.1. The number of likely N-dealkylation sites (N-methyl/N-ethyl adjacent to an activating group) is 1. The standard InChI is InChI=1S/C11H21N3OS/c1-13-4-3-9(5-13)6-14(2)11(15)10-7-16-8-12-10/h9-10,12H,3-8H2,1-2H3. The molecule has 5 heteroatoms. The minimum atomic E-state index is 0.0501. The average molecular weight is 243 g/mol. The lowest BCUT2D eigenvalue weighted by atomic mass is 10.1. The molecule has 0 spiro atoms. The van der Waals surface area contributed by atoms with Crippen LogP contribution in [0.3, 0.4) is 0 Å². The number of nitrogens with zero attached hydrogens (tertiary/aromatic N) is 2. The van der Waals surface area contributed by atoms with Gasteiger partial charge in [0.15, 0.2) is 0 Å². The first kappa shape index (κ1) is 12.2. The van der Waals surface area contributed by atoms with Crippen LogP contribution < -0.4 is 5.32 Å². The van der Waals surface area contributed by atoms with E-state index in [0.717, 1.165) is 24.7 Å². The largest absolute Gasteiger partial charge is 0.344 e. The van der Waals surface area contributed by atoms with Crippen LogP contribution in [0.25, 0.3) is 0 Å². The van der Waals surface area contributed by atoms with Crippen molar-refractivity contribution in [1.82, 2.24) is 15.1 Å². The molecule has 2 rings (SSSR count). The number of rotatable bonds is 3. The van der Waals surface area contributed by atoms with Gasteiger partial charge in [0.25, 0.3) is 0 Å². The van der Waals surface area contributed by atoms with E-state index in [4.69, 9.17) is 0 Å². The van der Waals surface area contributed by atoms with Crippen LogP contribution in [0.15, 0.2) is 0 Å². The summed E-state index contributed by atoms with van der Waals surface area (Å²) < 4.78 is 0. The van der Waals surface area contributed by atoms with Crippen molar-refractivity contribution in [2.75, 3.05) is 45.4 Å². The maximum absolute atomic E-state index is 12.1. The topological polar surface area (TPSA) is 35.6 Å². The van der Waals surface area contributed by atoms with Gasteiger partial charge in [-0.05, 0) is 25.9 Å². The lowest BCUT2D eigenvalue weighted by molar-refractivity contribution is -0.131. The zero-order valence-corrected chi connectivity index (χ0v) is 10.9. The molecule has 0 aliphatic carbocycles. The first-order chi connectivity index (χ1) is 7.66. The Labute approximate surface area is 102 Å². The second-order valence-electron chi connectivity index (χ2n) is 4.91. The Morgan fingerprint density at radius 1 is 1.62 bits per heavy atom. The average Bonchev–Trinajstić information content (AvgIpc) is 2.88. The Hall–Kier alpha value is -0.260. The van der Waals surface area contributed by atoms with Gasteiger partial charge in [-0.15, -0.1) is 11.8 Å². The molecule has 2 heterocycles. The van der Waals surface area contributed by atoms with Gasteiger partial charge in [-0.2, -0.15) is 0 Å². The molecule has 0 bridgehead atoms. The Bertz CT molecular complexity index is 256. The first-order valence-corrected chi connectivity index (χ1v) is 7.07. The first-order valence-electron chi connectivity index (χ1n) is 5.91. The van der Waals surface area contributed by atoms with Crippen LogP contribution in [0.1, 0.15) is 6.42 Å². The van der Waals surface area contributed by atoms with Crippen LogP contribution in [0.2, 0.25) is 0 Å². The molecule has 1 amide bonds. The number of amides is 1. The lowest BCUT2D eigenvalue weighted by Gasteiger charge is -2.23. The fourth-order valence-corrected chi connectivity index (χ4v) is 3.41. The van der Waals surface area contributed by atoms with Crippen LogP contribution in [0.5, 0.6) is 0 Å². The van der Waals surface area contributed by atoms with E-state index in [1.807, 2.05) is 11.9 Å². The third kappa shape index (κ3) is 2.90. The van der Waals surface area contributed by atoms with Crippen LogP contribution >= 0.6 is 11.8 Å². The van der Waals surface area contributed by atoms with Gasteiger partial charge in [-0.25, -0.2) is 0 Å². The predicted molar refractivity (Wildman–Crippen MR) is 67.5 cm³/mol. The minimum Gasteiger partial charge on any atom is -0.344 e. The second-order valence-corrected chi connectivity index (χ2v) is 5.94. The molecule has 2 aliphatic rings. The van der Waals surface area contributed by atoms with Crippen molar-refractivity contribution in [1.29, 1.82) is 0 Å². The van der Waals surface area contributed by atoms with Crippen molar-refractivity contribution in [3.8, 4) is 0 Å². The van der Waals surface area contributed by atoms with Gasteiger partial charge < -0.3 is 9.80 Å². The summed E-state index contributed by atoms with van der Waals surface area (Å²) in [5, 5.41) is 3.23. The second kappa shape index (κ2) is 5.38. The van der Waals surface area contributed by atoms with Crippen molar-refractivity contribution in [3.05, 3.63) is 0 Å². The Balaban J connectivity index is 1.78. The molecule has 2 aliphatic heterocycles. The van der Waals surface area contributed by atoms with Gasteiger partial charge in [0.05, 0.1) is 6.04 Å².